The summed E-state index contributed by atoms with van der Waals surface area (Å²) >= 11 is 3.86. The van der Waals surface area contributed by atoms with Crippen molar-refractivity contribution in [1.82, 2.24) is 0 Å². The molecule has 0 saturated heterocycles. The van der Waals surface area contributed by atoms with Crippen LogP contribution in [0, 0.1) is 0 Å². The highest BCUT2D eigenvalue weighted by atomic mass is 32.5. The first-order valence-electron chi connectivity index (χ1n) is 1.35. The Labute approximate surface area is 51.8 Å². The van der Waals surface area contributed by atoms with E-state index in [0.29, 0.717) is 0 Å². The van der Waals surface area contributed by atoms with E-state index in [1.54, 1.807) is 0 Å². The van der Waals surface area contributed by atoms with Crippen LogP contribution in [0.25, 0.3) is 0 Å². The van der Waals surface area contributed by atoms with Gasteiger partial charge in [-0.1, -0.05) is 0 Å². The smallest absolute Gasteiger partial charge is 0.328 e. The Hall–Kier alpha value is 0.880. The van der Waals surface area contributed by atoms with E-state index in [4.69, 9.17) is 19.6 Å². The van der Waals surface area contributed by atoms with E-state index in [1.807, 2.05) is 0 Å². The summed E-state index contributed by atoms with van der Waals surface area (Å²) in [5.74, 6) is 0. The van der Waals surface area contributed by atoms with Crippen molar-refractivity contribution >= 4 is 27.1 Å². The maximum absolute atomic E-state index is 8.14. The maximum Gasteiger partial charge on any atom is 0.334 e. The average molecular weight is 178 g/mol. The molecule has 0 heterocycles. The Morgan fingerprint density at radius 3 is 1.75 bits per heavy atom. The molecule has 0 aromatic rings. The van der Waals surface area contributed by atoms with E-state index in [0.717, 1.165) is 0 Å². The topological polar surface area (TPSA) is 90.2 Å². The summed E-state index contributed by atoms with van der Waals surface area (Å²) in [6, 6.07) is 0. The second kappa shape index (κ2) is 3.15. The lowest BCUT2D eigenvalue weighted by Crippen LogP contribution is -1.79. The highest BCUT2D eigenvalue weighted by molar-refractivity contribution is 8.07. The average Bonchev–Trinajstić information content (AvgIpc) is 1.21. The van der Waals surface area contributed by atoms with Gasteiger partial charge in [-0.15, -0.1) is 0 Å². The molecule has 0 aromatic heterocycles. The summed E-state index contributed by atoms with van der Waals surface area (Å²) in [4.78, 5) is 32.1. The van der Waals surface area contributed by atoms with Gasteiger partial charge in [-0.25, -0.2) is 4.31 Å². The fraction of sp³-hybridized carbons (Fsp3) is 0. The van der Waals surface area contributed by atoms with Crippen molar-refractivity contribution in [3.05, 3.63) is 0 Å². The molecule has 0 atom stereocenters. The van der Waals surface area contributed by atoms with Crippen molar-refractivity contribution < 1.29 is 23.9 Å². The van der Waals surface area contributed by atoms with Crippen molar-refractivity contribution in [3.63, 3.8) is 0 Å². The van der Waals surface area contributed by atoms with E-state index in [2.05, 4.69) is 16.1 Å². The SMILES string of the molecule is OP(O)OP(O)(O)=S. The van der Waals surface area contributed by atoms with Gasteiger partial charge in [0.15, 0.2) is 0 Å². The van der Waals surface area contributed by atoms with Crippen molar-refractivity contribution in [2.24, 2.45) is 0 Å². The van der Waals surface area contributed by atoms with Gasteiger partial charge in [-0.05, 0) is 11.8 Å². The fourth-order valence-corrected chi connectivity index (χ4v) is 1.39. The summed E-state index contributed by atoms with van der Waals surface area (Å²) in [5, 5.41) is 0. The minimum atomic E-state index is -3.86. The third kappa shape index (κ3) is 6.88. The second-order valence-corrected chi connectivity index (χ2v) is 4.39. The summed E-state index contributed by atoms with van der Waals surface area (Å²) < 4.78 is 3.65. The Morgan fingerprint density at radius 2 is 1.75 bits per heavy atom. The first-order chi connectivity index (χ1) is 3.42. The van der Waals surface area contributed by atoms with Gasteiger partial charge in [0.05, 0.1) is 0 Å². The third-order valence-corrected chi connectivity index (χ3v) is 2.21. The molecule has 0 aliphatic heterocycles. The Morgan fingerprint density at radius 1 is 1.38 bits per heavy atom. The van der Waals surface area contributed by atoms with Gasteiger partial charge in [0, 0.05) is 0 Å². The summed E-state index contributed by atoms with van der Waals surface area (Å²) in [6.07, 6.45) is 0. The van der Waals surface area contributed by atoms with Crippen LogP contribution in [-0.4, -0.2) is 19.6 Å². The summed E-state index contributed by atoms with van der Waals surface area (Å²) in [5.41, 5.74) is 0. The van der Waals surface area contributed by atoms with Gasteiger partial charge in [-0.3, -0.25) is 0 Å². The molecule has 5 nitrogen and oxygen atoms in total. The molecule has 4 N–H and O–H groups in total. The van der Waals surface area contributed by atoms with E-state index >= 15 is 0 Å². The highest BCUT2D eigenvalue weighted by Gasteiger charge is 2.13. The van der Waals surface area contributed by atoms with Gasteiger partial charge in [-0.2, -0.15) is 0 Å². The fourth-order valence-electron chi connectivity index (χ4n) is 0.0951. The van der Waals surface area contributed by atoms with Crippen molar-refractivity contribution in [1.29, 1.82) is 0 Å². The van der Waals surface area contributed by atoms with Crippen LogP contribution in [0.2, 0.25) is 0 Å². The quantitative estimate of drug-likeness (QED) is 0.423. The maximum atomic E-state index is 8.14. The molecule has 0 radical (unpaired) electrons. The highest BCUT2D eigenvalue weighted by Crippen LogP contribution is 2.48. The molecule has 8 heavy (non-hydrogen) atoms. The summed E-state index contributed by atoms with van der Waals surface area (Å²) in [7, 11) is -2.74. The lowest BCUT2D eigenvalue weighted by molar-refractivity contribution is 0.321. The summed E-state index contributed by atoms with van der Waals surface area (Å²) in [6.45, 7) is -3.86. The van der Waals surface area contributed by atoms with Crippen molar-refractivity contribution in [2.75, 3.05) is 0 Å². The molecule has 0 amide bonds. The lowest BCUT2D eigenvalue weighted by atomic mass is 15.7. The first-order valence-corrected chi connectivity index (χ1v) is 5.14. The van der Waals surface area contributed by atoms with Crippen LogP contribution < -0.4 is 0 Å². The molecule has 0 rings (SSSR count). The molecule has 0 aliphatic rings. The Balaban J connectivity index is 3.56. The lowest BCUT2D eigenvalue weighted by Gasteiger charge is -2.06. The van der Waals surface area contributed by atoms with Crippen LogP contribution >= 0.6 is 15.3 Å². The Kier molecular flexibility index (Phi) is 3.50. The van der Waals surface area contributed by atoms with Crippen LogP contribution in [0.5, 0.6) is 0 Å². The molecule has 0 aromatic carbocycles. The third-order valence-electron chi connectivity index (χ3n) is 0.179. The zero-order valence-electron chi connectivity index (χ0n) is 3.50. The normalized spacial score (nSPS) is 12.6. The molecule has 0 bridgehead atoms. The predicted octanol–water partition coefficient (Wildman–Crippen LogP) is -0.576. The number of hydrogen-bond acceptors (Lipinski definition) is 4. The minimum Gasteiger partial charge on any atom is -0.328 e. The van der Waals surface area contributed by atoms with Gasteiger partial charge >= 0.3 is 15.3 Å². The predicted molar refractivity (Wildman–Crippen MR) is 31.2 cm³/mol. The van der Waals surface area contributed by atoms with Crippen molar-refractivity contribution in [3.8, 4) is 0 Å². The van der Waals surface area contributed by atoms with Crippen LogP contribution in [0.1, 0.15) is 0 Å². The van der Waals surface area contributed by atoms with Gasteiger partial charge in [0.25, 0.3) is 0 Å². The molecular weight excluding hydrogens is 174 g/mol. The zero-order chi connectivity index (χ0) is 6.78. The van der Waals surface area contributed by atoms with Crippen LogP contribution in [0.15, 0.2) is 0 Å². The largest absolute Gasteiger partial charge is 0.334 e. The molecular formula is H4O5P2S. The Bertz CT molecular complexity index is 103. The van der Waals surface area contributed by atoms with Crippen LogP contribution in [0.3, 0.4) is 0 Å². The van der Waals surface area contributed by atoms with E-state index in [1.165, 1.54) is 0 Å². The second-order valence-electron chi connectivity index (χ2n) is 0.825. The minimum absolute atomic E-state index is 2.74. The molecule has 0 saturated carbocycles. The van der Waals surface area contributed by atoms with E-state index < -0.39 is 15.3 Å². The molecule has 8 heteroatoms. The zero-order valence-corrected chi connectivity index (χ0v) is 6.11. The van der Waals surface area contributed by atoms with Gasteiger partial charge < -0.3 is 19.6 Å². The molecule has 0 spiro atoms. The van der Waals surface area contributed by atoms with Crippen LogP contribution in [0.4, 0.5) is 0 Å². The van der Waals surface area contributed by atoms with Crippen molar-refractivity contribution in [2.45, 2.75) is 0 Å². The first kappa shape index (κ1) is 8.88. The molecule has 50 valence electrons. The monoisotopic (exact) mass is 178 g/mol. The van der Waals surface area contributed by atoms with Crippen LogP contribution in [-0.2, 0) is 16.1 Å². The number of hydrogen-bond donors (Lipinski definition) is 4. The molecule has 0 aliphatic carbocycles. The number of rotatable bonds is 2. The van der Waals surface area contributed by atoms with Gasteiger partial charge in [0.1, 0.15) is 0 Å². The molecule has 0 fully saturated rings. The van der Waals surface area contributed by atoms with E-state index in [9.17, 15) is 0 Å². The standard InChI is InChI=1S/H4O5P2S/c1-6(2)5-7(3,4)8/h1-2H,(H2,3,4,8). The van der Waals surface area contributed by atoms with E-state index in [-0.39, 0.29) is 0 Å². The molecule has 0 unspecified atom stereocenters. The van der Waals surface area contributed by atoms with Gasteiger partial charge in [0.2, 0.25) is 0 Å².